The van der Waals surface area contributed by atoms with Crippen LogP contribution in [0.2, 0.25) is 0 Å². The van der Waals surface area contributed by atoms with Gasteiger partial charge in [0.15, 0.2) is 0 Å². The van der Waals surface area contributed by atoms with Crippen molar-refractivity contribution in [3.05, 3.63) is 24.3 Å². The van der Waals surface area contributed by atoms with Gasteiger partial charge in [0, 0.05) is 12.6 Å². The summed E-state index contributed by atoms with van der Waals surface area (Å²) in [6.45, 7) is 1.94. The molecule has 7 heteroatoms. The molecule has 1 rings (SSSR count). The number of phenols is 1. The molecule has 0 amide bonds. The zero-order valence-corrected chi connectivity index (χ0v) is 11.0. The highest BCUT2D eigenvalue weighted by Crippen LogP contribution is 2.22. The number of aromatic hydroxyl groups is 1. The summed E-state index contributed by atoms with van der Waals surface area (Å²) in [6.07, 6.45) is 0. The highest BCUT2D eigenvalue weighted by Gasteiger charge is 2.22. The Labute approximate surface area is 106 Å². The van der Waals surface area contributed by atoms with E-state index in [4.69, 9.17) is 5.73 Å². The lowest BCUT2D eigenvalue weighted by molar-refractivity contribution is 0.475. The van der Waals surface area contributed by atoms with Gasteiger partial charge in [0.1, 0.15) is 11.5 Å². The van der Waals surface area contributed by atoms with E-state index in [-0.39, 0.29) is 23.0 Å². The van der Waals surface area contributed by atoms with Crippen LogP contribution < -0.4 is 10.0 Å². The topological polar surface area (TPSA) is 83.6 Å². The Hall–Kier alpha value is -1.34. The minimum atomic E-state index is -3.59. The van der Waals surface area contributed by atoms with Crippen LogP contribution in [-0.2, 0) is 10.0 Å². The molecule has 17 heavy (non-hydrogen) atoms. The molecule has 0 bridgehead atoms. The first-order valence-electron chi connectivity index (χ1n) is 4.94. The van der Waals surface area contributed by atoms with Crippen LogP contribution in [-0.4, -0.2) is 30.8 Å². The number of hydrogen-bond donors (Lipinski definition) is 2. The number of anilines is 1. The Bertz CT molecular complexity index is 514. The average Bonchev–Trinajstić information content (AvgIpc) is 2.15. The first kappa shape index (κ1) is 13.7. The van der Waals surface area contributed by atoms with Crippen molar-refractivity contribution in [2.75, 3.05) is 16.6 Å². The SMILES string of the molecule is CCN(c1cccc(O)c1)S(=O)(=O)CC(N)=S. The maximum Gasteiger partial charge on any atom is 0.241 e. The maximum absolute atomic E-state index is 12.0. The number of hydrogen-bond acceptors (Lipinski definition) is 4. The summed E-state index contributed by atoms with van der Waals surface area (Å²) in [5.74, 6) is -0.377. The van der Waals surface area contributed by atoms with E-state index in [1.165, 1.54) is 12.1 Å². The van der Waals surface area contributed by atoms with Crippen molar-refractivity contribution in [2.24, 2.45) is 5.73 Å². The Morgan fingerprint density at radius 2 is 2.18 bits per heavy atom. The Balaban J connectivity index is 3.12. The number of thiocarbonyl (C=S) groups is 1. The molecule has 0 radical (unpaired) electrons. The van der Waals surface area contributed by atoms with Crippen molar-refractivity contribution in [1.29, 1.82) is 0 Å². The monoisotopic (exact) mass is 274 g/mol. The van der Waals surface area contributed by atoms with Gasteiger partial charge in [-0.15, -0.1) is 0 Å². The number of rotatable bonds is 5. The lowest BCUT2D eigenvalue weighted by Crippen LogP contribution is -2.36. The van der Waals surface area contributed by atoms with E-state index < -0.39 is 10.0 Å². The van der Waals surface area contributed by atoms with Crippen molar-refractivity contribution >= 4 is 32.9 Å². The van der Waals surface area contributed by atoms with Gasteiger partial charge >= 0.3 is 0 Å². The number of nitrogens with zero attached hydrogens (tertiary/aromatic N) is 1. The van der Waals surface area contributed by atoms with Gasteiger partial charge in [0.05, 0.1) is 10.7 Å². The van der Waals surface area contributed by atoms with Crippen LogP contribution in [0.25, 0.3) is 0 Å². The average molecular weight is 274 g/mol. The van der Waals surface area contributed by atoms with Crippen LogP contribution in [0.5, 0.6) is 5.75 Å². The molecule has 0 aliphatic heterocycles. The van der Waals surface area contributed by atoms with Gasteiger partial charge in [-0.05, 0) is 19.1 Å². The van der Waals surface area contributed by atoms with Crippen molar-refractivity contribution < 1.29 is 13.5 Å². The third kappa shape index (κ3) is 3.57. The summed E-state index contributed by atoms with van der Waals surface area (Å²) in [6, 6.07) is 6.02. The van der Waals surface area contributed by atoms with Crippen LogP contribution in [0.1, 0.15) is 6.92 Å². The van der Waals surface area contributed by atoms with Gasteiger partial charge < -0.3 is 10.8 Å². The molecule has 0 spiro atoms. The van der Waals surface area contributed by atoms with Crippen LogP contribution in [0.4, 0.5) is 5.69 Å². The number of sulfonamides is 1. The molecule has 0 aliphatic carbocycles. The molecule has 5 nitrogen and oxygen atoms in total. The first-order valence-corrected chi connectivity index (χ1v) is 6.96. The second-order valence-electron chi connectivity index (χ2n) is 3.41. The van der Waals surface area contributed by atoms with Gasteiger partial charge in [-0.3, -0.25) is 4.31 Å². The zero-order valence-electron chi connectivity index (χ0n) is 9.33. The van der Waals surface area contributed by atoms with Crippen LogP contribution in [0, 0.1) is 0 Å². The van der Waals surface area contributed by atoms with E-state index >= 15 is 0 Å². The molecule has 0 aliphatic rings. The largest absolute Gasteiger partial charge is 0.508 e. The van der Waals surface area contributed by atoms with Gasteiger partial charge in [-0.25, -0.2) is 8.42 Å². The van der Waals surface area contributed by atoms with Crippen molar-refractivity contribution in [1.82, 2.24) is 0 Å². The van der Waals surface area contributed by atoms with Gasteiger partial charge in [-0.1, -0.05) is 18.3 Å². The first-order chi connectivity index (χ1) is 7.86. The van der Waals surface area contributed by atoms with Gasteiger partial charge in [0.25, 0.3) is 0 Å². The van der Waals surface area contributed by atoms with Crippen LogP contribution in [0.3, 0.4) is 0 Å². The highest BCUT2D eigenvalue weighted by molar-refractivity contribution is 7.95. The van der Waals surface area contributed by atoms with Crippen molar-refractivity contribution in [3.63, 3.8) is 0 Å². The Morgan fingerprint density at radius 1 is 1.53 bits per heavy atom. The second-order valence-corrected chi connectivity index (χ2v) is 5.82. The number of phenolic OH excluding ortho intramolecular Hbond substituents is 1. The smallest absolute Gasteiger partial charge is 0.241 e. The standard InChI is InChI=1S/C10H14N2O3S2/c1-2-12(17(14,15)7-10(11)16)8-4-3-5-9(13)6-8/h3-6,13H,2,7H2,1H3,(H2,11,16). The molecule has 0 aromatic heterocycles. The quantitative estimate of drug-likeness (QED) is 0.777. The summed E-state index contributed by atoms with van der Waals surface area (Å²) in [4.78, 5) is -0.0800. The summed E-state index contributed by atoms with van der Waals surface area (Å²) in [5, 5.41) is 9.33. The summed E-state index contributed by atoms with van der Waals surface area (Å²) < 4.78 is 25.1. The van der Waals surface area contributed by atoms with E-state index in [2.05, 4.69) is 12.2 Å². The fourth-order valence-corrected chi connectivity index (χ4v) is 3.24. The fraction of sp³-hybridized carbons (Fsp3) is 0.300. The molecule has 0 saturated carbocycles. The lowest BCUT2D eigenvalue weighted by atomic mass is 10.3. The Morgan fingerprint density at radius 3 is 2.65 bits per heavy atom. The predicted octanol–water partition coefficient (Wildman–Crippen LogP) is 0.834. The number of nitrogens with two attached hydrogens (primary N) is 1. The van der Waals surface area contributed by atoms with Crippen molar-refractivity contribution in [3.8, 4) is 5.75 Å². The molecule has 1 aromatic carbocycles. The van der Waals surface area contributed by atoms with E-state index in [0.29, 0.717) is 5.69 Å². The summed E-state index contributed by atoms with van der Waals surface area (Å²) >= 11 is 4.61. The molecule has 0 fully saturated rings. The molecule has 3 N–H and O–H groups in total. The van der Waals surface area contributed by atoms with Crippen LogP contribution in [0.15, 0.2) is 24.3 Å². The van der Waals surface area contributed by atoms with E-state index in [1.807, 2.05) is 0 Å². The summed E-state index contributed by atoms with van der Waals surface area (Å²) in [7, 11) is -3.59. The highest BCUT2D eigenvalue weighted by atomic mass is 32.2. The second kappa shape index (κ2) is 5.33. The molecule has 0 atom stereocenters. The van der Waals surface area contributed by atoms with Gasteiger partial charge in [0.2, 0.25) is 10.0 Å². The third-order valence-corrected chi connectivity index (χ3v) is 4.21. The van der Waals surface area contributed by atoms with E-state index in [0.717, 1.165) is 4.31 Å². The van der Waals surface area contributed by atoms with E-state index in [9.17, 15) is 13.5 Å². The Kier molecular flexibility index (Phi) is 4.30. The molecular weight excluding hydrogens is 260 g/mol. The normalized spacial score (nSPS) is 11.1. The number of benzene rings is 1. The lowest BCUT2D eigenvalue weighted by Gasteiger charge is -2.22. The van der Waals surface area contributed by atoms with Gasteiger partial charge in [-0.2, -0.15) is 0 Å². The molecular formula is C10H14N2O3S2. The fourth-order valence-electron chi connectivity index (χ4n) is 1.45. The molecule has 94 valence electrons. The predicted molar refractivity (Wildman–Crippen MR) is 71.7 cm³/mol. The molecule has 0 unspecified atom stereocenters. The maximum atomic E-state index is 12.0. The summed E-state index contributed by atoms with van der Waals surface area (Å²) in [5.41, 5.74) is 5.65. The zero-order chi connectivity index (χ0) is 13.1. The third-order valence-electron chi connectivity index (χ3n) is 2.07. The molecule has 1 aromatic rings. The molecule has 0 heterocycles. The minimum Gasteiger partial charge on any atom is -0.508 e. The van der Waals surface area contributed by atoms with Crippen molar-refractivity contribution in [2.45, 2.75) is 6.92 Å². The van der Waals surface area contributed by atoms with E-state index in [1.54, 1.807) is 19.1 Å². The minimum absolute atomic E-state index is 0.00600. The molecule has 0 saturated heterocycles. The van der Waals surface area contributed by atoms with Crippen LogP contribution >= 0.6 is 12.2 Å².